The molecule has 0 aromatic heterocycles. The number of nitrogens with zero attached hydrogens (tertiary/aromatic N) is 1. The molecule has 1 atom stereocenters. The first-order chi connectivity index (χ1) is 11.5. The van der Waals surface area contributed by atoms with E-state index < -0.39 is 11.6 Å². The maximum absolute atomic E-state index is 12.5. The van der Waals surface area contributed by atoms with E-state index >= 15 is 0 Å². The summed E-state index contributed by atoms with van der Waals surface area (Å²) >= 11 is 0. The van der Waals surface area contributed by atoms with Crippen molar-refractivity contribution >= 4 is 12.0 Å². The number of benzene rings is 1. The number of ether oxygens (including phenoxy) is 3. The average molecular weight is 324 g/mol. The number of para-hydroxylation sites is 1. The molecule has 1 aromatic rings. The molecule has 0 saturated heterocycles. The molecule has 6 heteroatoms. The van der Waals surface area contributed by atoms with Crippen LogP contribution in [-0.4, -0.2) is 18.2 Å². The van der Waals surface area contributed by atoms with Crippen molar-refractivity contribution in [3.05, 3.63) is 58.7 Å². The summed E-state index contributed by atoms with van der Waals surface area (Å²) < 4.78 is 16.6. The third kappa shape index (κ3) is 2.22. The van der Waals surface area contributed by atoms with Gasteiger partial charge in [-0.2, -0.15) is 5.26 Å². The van der Waals surface area contributed by atoms with Crippen LogP contribution in [0, 0.1) is 11.3 Å². The van der Waals surface area contributed by atoms with E-state index in [-0.39, 0.29) is 29.4 Å². The first-order valence-corrected chi connectivity index (χ1v) is 7.47. The largest absolute Gasteiger partial charge is 0.472 e. The molecule has 1 spiro atoms. The van der Waals surface area contributed by atoms with Crippen LogP contribution in [0.1, 0.15) is 19.4 Å². The molecule has 2 aliphatic heterocycles. The molecule has 122 valence electrons. The van der Waals surface area contributed by atoms with Crippen LogP contribution in [0.4, 0.5) is 0 Å². The van der Waals surface area contributed by atoms with Gasteiger partial charge in [0, 0.05) is 5.56 Å². The van der Waals surface area contributed by atoms with Crippen LogP contribution in [0.5, 0.6) is 5.75 Å². The van der Waals surface area contributed by atoms with Crippen molar-refractivity contribution < 1.29 is 19.0 Å². The molecule has 2 N–H and O–H groups in total. The molecule has 0 bridgehead atoms. The molecule has 0 aliphatic carbocycles. The molecule has 6 nitrogen and oxygen atoms in total. The number of carbonyl (C=O) groups excluding carboxylic acids is 1. The van der Waals surface area contributed by atoms with E-state index in [2.05, 4.69) is 0 Å². The number of allylic oxidation sites excluding steroid dienone is 1. The number of hydrogen-bond donors (Lipinski definition) is 1. The Morgan fingerprint density at radius 3 is 2.88 bits per heavy atom. The van der Waals surface area contributed by atoms with E-state index in [1.54, 1.807) is 32.1 Å². The Labute approximate surface area is 139 Å². The maximum Gasteiger partial charge on any atom is 0.342 e. The number of rotatable bonds is 2. The van der Waals surface area contributed by atoms with Gasteiger partial charge in [-0.15, -0.1) is 0 Å². The van der Waals surface area contributed by atoms with Crippen LogP contribution in [0.25, 0.3) is 6.08 Å². The summed E-state index contributed by atoms with van der Waals surface area (Å²) in [6.07, 6.45) is 3.43. The molecule has 2 aliphatic rings. The van der Waals surface area contributed by atoms with E-state index in [1.165, 1.54) is 0 Å². The molecule has 3 rings (SSSR count). The van der Waals surface area contributed by atoms with Crippen molar-refractivity contribution in [2.75, 3.05) is 6.61 Å². The van der Waals surface area contributed by atoms with Crippen molar-refractivity contribution in [3.8, 4) is 11.8 Å². The average Bonchev–Trinajstić information content (AvgIpc) is 2.55. The predicted molar refractivity (Wildman–Crippen MR) is 86.1 cm³/mol. The number of carbonyl (C=O) groups is 1. The Hall–Kier alpha value is -3.20. The molecule has 2 heterocycles. The number of hydrogen-bond acceptors (Lipinski definition) is 6. The van der Waals surface area contributed by atoms with Gasteiger partial charge in [0.05, 0.1) is 6.61 Å². The lowest BCUT2D eigenvalue weighted by molar-refractivity contribution is -0.140. The highest BCUT2D eigenvalue weighted by molar-refractivity contribution is 5.95. The first-order valence-electron chi connectivity index (χ1n) is 7.47. The fraction of sp³-hybridized carbons (Fsp3) is 0.222. The first kappa shape index (κ1) is 15.7. The van der Waals surface area contributed by atoms with E-state index in [9.17, 15) is 10.1 Å². The zero-order valence-corrected chi connectivity index (χ0v) is 13.3. The second kappa shape index (κ2) is 5.78. The van der Waals surface area contributed by atoms with Gasteiger partial charge in [-0.05, 0) is 26.0 Å². The third-order valence-corrected chi connectivity index (χ3v) is 3.88. The van der Waals surface area contributed by atoms with Gasteiger partial charge >= 0.3 is 5.97 Å². The van der Waals surface area contributed by atoms with E-state index in [0.29, 0.717) is 5.75 Å². The van der Waals surface area contributed by atoms with Crippen LogP contribution in [-0.2, 0) is 14.3 Å². The molecule has 0 fully saturated rings. The second-order valence-electron chi connectivity index (χ2n) is 5.31. The van der Waals surface area contributed by atoms with Crippen LogP contribution in [0.15, 0.2) is 53.1 Å². The number of esters is 1. The Bertz CT molecular complexity index is 845. The van der Waals surface area contributed by atoms with Crippen molar-refractivity contribution in [2.24, 2.45) is 5.73 Å². The van der Waals surface area contributed by atoms with E-state index in [1.807, 2.05) is 24.3 Å². The molecule has 0 amide bonds. The zero-order chi connectivity index (χ0) is 17.3. The standard InChI is InChI=1S/C18H16N2O4/c1-3-22-17(21)15-11(2)23-16(20)13(10-19)18(15)9-8-12-6-4-5-7-14(12)24-18/h4-9H,3,20H2,1-2H3. The van der Waals surface area contributed by atoms with Crippen molar-refractivity contribution in [1.82, 2.24) is 0 Å². The second-order valence-corrected chi connectivity index (χ2v) is 5.31. The fourth-order valence-corrected chi connectivity index (χ4v) is 2.87. The Morgan fingerprint density at radius 2 is 2.17 bits per heavy atom. The number of nitrogens with two attached hydrogens (primary N) is 1. The Kier molecular flexibility index (Phi) is 3.78. The molecule has 0 radical (unpaired) electrons. The number of fused-ring (bicyclic) bond motifs is 1. The van der Waals surface area contributed by atoms with Gasteiger partial charge in [0.1, 0.15) is 28.7 Å². The Balaban J connectivity index is 2.22. The Morgan fingerprint density at radius 1 is 1.42 bits per heavy atom. The lowest BCUT2D eigenvalue weighted by atomic mass is 9.81. The van der Waals surface area contributed by atoms with Gasteiger partial charge in [-0.1, -0.05) is 24.3 Å². The summed E-state index contributed by atoms with van der Waals surface area (Å²) in [5.74, 6) is 0.0809. The fourth-order valence-electron chi connectivity index (χ4n) is 2.87. The summed E-state index contributed by atoms with van der Waals surface area (Å²) in [6.45, 7) is 3.48. The van der Waals surface area contributed by atoms with Gasteiger partial charge in [0.2, 0.25) is 11.5 Å². The molecule has 24 heavy (non-hydrogen) atoms. The highest BCUT2D eigenvalue weighted by Gasteiger charge is 2.51. The third-order valence-electron chi connectivity index (χ3n) is 3.88. The monoisotopic (exact) mass is 324 g/mol. The van der Waals surface area contributed by atoms with E-state index in [4.69, 9.17) is 19.9 Å². The summed E-state index contributed by atoms with van der Waals surface area (Å²) in [5.41, 5.74) is 5.39. The van der Waals surface area contributed by atoms with Gasteiger partial charge in [-0.3, -0.25) is 0 Å². The van der Waals surface area contributed by atoms with Gasteiger partial charge in [0.25, 0.3) is 0 Å². The summed E-state index contributed by atoms with van der Waals surface area (Å²) in [4.78, 5) is 12.5. The van der Waals surface area contributed by atoms with Crippen molar-refractivity contribution in [2.45, 2.75) is 19.4 Å². The molecular weight excluding hydrogens is 308 g/mol. The zero-order valence-electron chi connectivity index (χ0n) is 13.3. The van der Waals surface area contributed by atoms with Crippen molar-refractivity contribution in [3.63, 3.8) is 0 Å². The molecular formula is C18H16N2O4. The van der Waals surface area contributed by atoms with Crippen LogP contribution in [0.3, 0.4) is 0 Å². The molecule has 1 unspecified atom stereocenters. The molecule has 1 aromatic carbocycles. The van der Waals surface area contributed by atoms with Crippen LogP contribution < -0.4 is 10.5 Å². The van der Waals surface area contributed by atoms with E-state index in [0.717, 1.165) is 5.56 Å². The lowest BCUT2D eigenvalue weighted by Crippen LogP contribution is -2.47. The smallest absolute Gasteiger partial charge is 0.342 e. The minimum Gasteiger partial charge on any atom is -0.472 e. The highest BCUT2D eigenvalue weighted by Crippen LogP contribution is 2.44. The number of nitriles is 1. The molecule has 0 saturated carbocycles. The minimum atomic E-state index is -1.46. The predicted octanol–water partition coefficient (Wildman–Crippen LogP) is 2.39. The summed E-state index contributed by atoms with van der Waals surface area (Å²) in [7, 11) is 0. The van der Waals surface area contributed by atoms with Gasteiger partial charge in [0.15, 0.2) is 0 Å². The highest BCUT2D eigenvalue weighted by atomic mass is 16.5. The van der Waals surface area contributed by atoms with Crippen molar-refractivity contribution in [1.29, 1.82) is 5.26 Å². The van der Waals surface area contributed by atoms with Crippen LogP contribution in [0.2, 0.25) is 0 Å². The van der Waals surface area contributed by atoms with Crippen LogP contribution >= 0.6 is 0 Å². The summed E-state index contributed by atoms with van der Waals surface area (Å²) in [6, 6.07) is 9.32. The summed E-state index contributed by atoms with van der Waals surface area (Å²) in [5, 5.41) is 9.59. The maximum atomic E-state index is 12.5. The minimum absolute atomic E-state index is 0.0157. The SMILES string of the molecule is CCOC(=O)C1=C(C)OC(N)=C(C#N)C12C=Cc1ccccc1O2. The van der Waals surface area contributed by atoms with Gasteiger partial charge < -0.3 is 19.9 Å². The lowest BCUT2D eigenvalue weighted by Gasteiger charge is -2.38. The van der Waals surface area contributed by atoms with Gasteiger partial charge in [-0.25, -0.2) is 4.79 Å². The quantitative estimate of drug-likeness (QED) is 0.839. The normalized spacial score (nSPS) is 21.7. The topological polar surface area (TPSA) is 94.6 Å².